The monoisotopic (exact) mass is 788 g/mol. The van der Waals surface area contributed by atoms with Crippen molar-refractivity contribution in [3.05, 3.63) is 95.5 Å². The summed E-state index contributed by atoms with van der Waals surface area (Å²) in [6, 6.07) is 16.6. The second-order valence-electron chi connectivity index (χ2n) is 17.3. The summed E-state index contributed by atoms with van der Waals surface area (Å²) in [4.78, 5) is 72.3. The number of hydrogen-bond donors (Lipinski definition) is 4. The number of H-pyrrole nitrogens is 2. The Labute approximate surface area is 340 Å². The van der Waals surface area contributed by atoms with Crippen LogP contribution in [0.2, 0.25) is 0 Å². The maximum Gasteiger partial charge on any atom is 0.407 e. The van der Waals surface area contributed by atoms with Crippen LogP contribution in [0.3, 0.4) is 0 Å². The molecule has 2 saturated heterocycles. The van der Waals surface area contributed by atoms with E-state index < -0.39 is 18.2 Å². The molecule has 0 radical (unpaired) electrons. The molecule has 13 heteroatoms. The maximum absolute atomic E-state index is 13.9. The lowest BCUT2D eigenvalue weighted by Crippen LogP contribution is -2.51. The van der Waals surface area contributed by atoms with Gasteiger partial charge in [-0.05, 0) is 92.2 Å². The normalized spacial score (nSPS) is 25.1. The first-order chi connectivity index (χ1) is 28.0. The van der Waals surface area contributed by atoms with Crippen molar-refractivity contribution < 1.29 is 23.9 Å². The molecule has 2 bridgehead atoms. The molecular formula is C45H56N8O5. The topological polar surface area (TPSA) is 165 Å². The predicted molar refractivity (Wildman–Crippen MR) is 218 cm³/mol. The van der Waals surface area contributed by atoms with E-state index in [4.69, 9.17) is 14.7 Å². The summed E-state index contributed by atoms with van der Waals surface area (Å²) in [6.45, 7) is 6.55. The quantitative estimate of drug-likeness (QED) is 0.128. The van der Waals surface area contributed by atoms with Gasteiger partial charge in [-0.15, -0.1) is 0 Å². The van der Waals surface area contributed by atoms with Gasteiger partial charge in [0.25, 0.3) is 0 Å². The van der Waals surface area contributed by atoms with Crippen LogP contribution in [0.4, 0.5) is 4.79 Å². The number of fused-ring (bicyclic) bond motifs is 3. The van der Waals surface area contributed by atoms with Crippen LogP contribution in [0.25, 0.3) is 11.3 Å². The molecule has 0 spiro atoms. The zero-order valence-corrected chi connectivity index (χ0v) is 34.1. The molecule has 4 atom stereocenters. The van der Waals surface area contributed by atoms with Crippen LogP contribution < -0.4 is 10.6 Å². The molecule has 9 rings (SSSR count). The number of benzene rings is 2. The number of aromatic amines is 2. The second-order valence-corrected chi connectivity index (χ2v) is 17.3. The number of methoxy groups -OCH3 is 1. The maximum atomic E-state index is 13.9. The fourth-order valence-corrected chi connectivity index (χ4v) is 10.3. The predicted octanol–water partition coefficient (Wildman–Crippen LogP) is 6.93. The fraction of sp³-hybridized carbons (Fsp3) is 0.511. The first-order valence-corrected chi connectivity index (χ1v) is 21.0. The molecule has 2 aromatic carbocycles. The molecule has 4 N–H and O–H groups in total. The van der Waals surface area contributed by atoms with E-state index in [1.165, 1.54) is 25.3 Å². The number of carbonyl (C=O) groups excluding carboxylic acids is 4. The lowest BCUT2D eigenvalue weighted by molar-refractivity contribution is -0.137. The molecule has 58 heavy (non-hydrogen) atoms. The molecule has 4 heterocycles. The van der Waals surface area contributed by atoms with Gasteiger partial charge in [0.2, 0.25) is 17.7 Å². The van der Waals surface area contributed by atoms with Gasteiger partial charge in [0.05, 0.1) is 31.1 Å². The highest BCUT2D eigenvalue weighted by molar-refractivity contribution is 5.88. The Balaban J connectivity index is 0.917. The van der Waals surface area contributed by atoms with Gasteiger partial charge >= 0.3 is 6.09 Å². The molecular weight excluding hydrogens is 733 g/mol. The number of nitrogens with one attached hydrogen (secondary N) is 4. The summed E-state index contributed by atoms with van der Waals surface area (Å²) in [6.07, 6.45) is 13.2. The summed E-state index contributed by atoms with van der Waals surface area (Å²) < 4.78 is 4.80. The largest absolute Gasteiger partial charge is 0.453 e. The smallest absolute Gasteiger partial charge is 0.407 e. The number of rotatable bonds is 11. The third-order valence-corrected chi connectivity index (χ3v) is 13.6. The third kappa shape index (κ3) is 7.39. The molecule has 5 aliphatic rings. The van der Waals surface area contributed by atoms with Crippen molar-refractivity contribution in [1.82, 2.24) is 40.4 Å². The van der Waals surface area contributed by atoms with E-state index in [-0.39, 0.29) is 46.6 Å². The fourth-order valence-electron chi connectivity index (χ4n) is 10.3. The van der Waals surface area contributed by atoms with Crippen LogP contribution in [0.1, 0.15) is 132 Å². The zero-order valence-electron chi connectivity index (χ0n) is 34.1. The van der Waals surface area contributed by atoms with Crippen LogP contribution >= 0.6 is 0 Å². The minimum Gasteiger partial charge on any atom is -0.453 e. The SMILES string of the molecule is COC(=O)N[C@@H](C(=O)N1CCC[C@H]1c1ncc(C23CCC(c4ccc(-c5cnc([C@@H]6CCCN6C(=O)[C@H](NC(C)=O)c6ccccc6)[nH]5)cc4)(CC2)CC3)[nH]1)C(C)C. The van der Waals surface area contributed by atoms with Crippen molar-refractivity contribution in [1.29, 1.82) is 0 Å². The summed E-state index contributed by atoms with van der Waals surface area (Å²) in [7, 11) is 1.31. The number of nitrogens with zero attached hydrogens (tertiary/aromatic N) is 4. The lowest BCUT2D eigenvalue weighted by atomic mass is 9.51. The number of hydrogen-bond acceptors (Lipinski definition) is 7. The first kappa shape index (κ1) is 39.4. The van der Waals surface area contributed by atoms with Crippen molar-refractivity contribution in [2.24, 2.45) is 5.92 Å². The van der Waals surface area contributed by atoms with Gasteiger partial charge in [-0.2, -0.15) is 0 Å². The second kappa shape index (κ2) is 16.1. The highest BCUT2D eigenvalue weighted by Gasteiger charge is 2.51. The van der Waals surface area contributed by atoms with E-state index >= 15 is 0 Å². The Hall–Kier alpha value is -5.46. The molecule has 13 nitrogen and oxygen atoms in total. The van der Waals surface area contributed by atoms with E-state index in [0.717, 1.165) is 92.7 Å². The number of alkyl carbamates (subject to hydrolysis) is 1. The highest BCUT2D eigenvalue weighted by atomic mass is 16.5. The van der Waals surface area contributed by atoms with E-state index in [2.05, 4.69) is 44.9 Å². The first-order valence-electron chi connectivity index (χ1n) is 21.0. The molecule has 2 aliphatic heterocycles. The number of ether oxygens (including phenoxy) is 1. The number of imidazole rings is 2. The minimum atomic E-state index is -0.746. The van der Waals surface area contributed by atoms with Gasteiger partial charge in [-0.3, -0.25) is 14.4 Å². The summed E-state index contributed by atoms with van der Waals surface area (Å²) in [5.74, 6) is 1.05. The van der Waals surface area contributed by atoms with Crippen molar-refractivity contribution in [2.75, 3.05) is 20.2 Å². The van der Waals surface area contributed by atoms with E-state index in [0.29, 0.717) is 13.1 Å². The Morgan fingerprint density at radius 1 is 0.759 bits per heavy atom. The van der Waals surface area contributed by atoms with Gasteiger partial charge in [0, 0.05) is 37.3 Å². The average Bonchev–Trinajstić information content (AvgIpc) is 4.09. The van der Waals surface area contributed by atoms with Crippen molar-refractivity contribution in [2.45, 2.75) is 120 Å². The van der Waals surface area contributed by atoms with E-state index in [1.807, 2.05) is 66.4 Å². The highest BCUT2D eigenvalue weighted by Crippen LogP contribution is 2.58. The Morgan fingerprint density at radius 3 is 1.95 bits per heavy atom. The van der Waals surface area contributed by atoms with Crippen LogP contribution in [-0.4, -0.2) is 79.8 Å². The Kier molecular flexibility index (Phi) is 10.9. The minimum absolute atomic E-state index is 0.0539. The summed E-state index contributed by atoms with van der Waals surface area (Å²) in [5, 5.41) is 5.61. The number of carbonyl (C=O) groups is 4. The van der Waals surface area contributed by atoms with Gasteiger partial charge in [-0.1, -0.05) is 68.4 Å². The number of amides is 4. The molecule has 2 aromatic heterocycles. The van der Waals surface area contributed by atoms with Gasteiger partial charge in [-0.25, -0.2) is 14.8 Å². The van der Waals surface area contributed by atoms with Crippen LogP contribution in [0.15, 0.2) is 67.0 Å². The molecule has 4 aromatic rings. The van der Waals surface area contributed by atoms with E-state index in [1.54, 1.807) is 0 Å². The van der Waals surface area contributed by atoms with Crippen LogP contribution in [0.5, 0.6) is 0 Å². The Morgan fingerprint density at radius 2 is 1.34 bits per heavy atom. The Bertz CT molecular complexity index is 2100. The van der Waals surface area contributed by atoms with Crippen molar-refractivity contribution in [3.63, 3.8) is 0 Å². The molecule has 5 fully saturated rings. The van der Waals surface area contributed by atoms with Crippen molar-refractivity contribution in [3.8, 4) is 11.3 Å². The molecule has 0 unspecified atom stereocenters. The molecule has 3 aliphatic carbocycles. The van der Waals surface area contributed by atoms with Gasteiger partial charge in [0.15, 0.2) is 0 Å². The molecule has 306 valence electrons. The van der Waals surface area contributed by atoms with Crippen LogP contribution in [-0.2, 0) is 30.0 Å². The zero-order chi connectivity index (χ0) is 40.6. The summed E-state index contributed by atoms with van der Waals surface area (Å²) >= 11 is 0. The number of likely N-dealkylation sites (tertiary alicyclic amines) is 2. The van der Waals surface area contributed by atoms with Gasteiger partial charge in [0.1, 0.15) is 23.7 Å². The van der Waals surface area contributed by atoms with E-state index in [9.17, 15) is 19.2 Å². The summed E-state index contributed by atoms with van der Waals surface area (Å²) in [5.41, 5.74) is 5.50. The van der Waals surface area contributed by atoms with Gasteiger partial charge < -0.3 is 35.1 Å². The molecule has 4 amide bonds. The lowest BCUT2D eigenvalue weighted by Gasteiger charge is -2.53. The van der Waals surface area contributed by atoms with Crippen LogP contribution in [0, 0.1) is 5.92 Å². The number of aromatic nitrogens is 4. The standard InChI is InChI=1S/C45H56N8O5/c1-28(2)37(51-43(57)58-4)41(55)52-24-9-13-35(52)40-47-27-36(50-40)45-21-18-44(19-22-45,20-23-45)32-16-14-30(15-17-32)33-26-46-39(49-33)34-12-8-25-53(34)42(56)38(48-29(3)54)31-10-6-5-7-11-31/h5-7,10-11,14-17,26-28,34-35,37-38H,8-9,12-13,18-25H2,1-4H3,(H,46,49)(H,47,50)(H,48,54)(H,51,57)/t34-,35-,37+,38+,44?,45?/m0/s1. The average molecular weight is 789 g/mol. The van der Waals surface area contributed by atoms with Crippen molar-refractivity contribution >= 4 is 23.8 Å². The third-order valence-electron chi connectivity index (χ3n) is 13.6. The molecule has 3 saturated carbocycles.